The number of alkyl halides is 1. The number of benzene rings is 1. The van der Waals surface area contributed by atoms with Gasteiger partial charge in [-0.15, -0.1) is 10.2 Å². The zero-order chi connectivity index (χ0) is 13.8. The Morgan fingerprint density at radius 2 is 2.11 bits per heavy atom. The number of rotatable bonds is 5. The SMILES string of the molecule is COCCn1c(CBr)nnc1-c1cccc(C)c1Br. The molecule has 0 radical (unpaired) electrons. The zero-order valence-electron chi connectivity index (χ0n) is 10.9. The van der Waals surface area contributed by atoms with Crippen molar-refractivity contribution in [1.29, 1.82) is 0 Å². The average molecular weight is 389 g/mol. The van der Waals surface area contributed by atoms with E-state index in [1.807, 2.05) is 12.1 Å². The van der Waals surface area contributed by atoms with E-state index >= 15 is 0 Å². The molecule has 0 spiro atoms. The highest BCUT2D eigenvalue weighted by Crippen LogP contribution is 2.30. The van der Waals surface area contributed by atoms with Crippen molar-refractivity contribution in [3.63, 3.8) is 0 Å². The number of aromatic nitrogens is 3. The van der Waals surface area contributed by atoms with Gasteiger partial charge in [-0.25, -0.2) is 0 Å². The molecule has 102 valence electrons. The molecule has 0 saturated carbocycles. The summed E-state index contributed by atoms with van der Waals surface area (Å²) in [6.45, 7) is 3.43. The molecule has 19 heavy (non-hydrogen) atoms. The van der Waals surface area contributed by atoms with Gasteiger partial charge in [0.1, 0.15) is 5.82 Å². The van der Waals surface area contributed by atoms with Crippen molar-refractivity contribution < 1.29 is 4.74 Å². The van der Waals surface area contributed by atoms with Crippen LogP contribution in [0.3, 0.4) is 0 Å². The predicted molar refractivity (Wildman–Crippen MR) is 82.4 cm³/mol. The van der Waals surface area contributed by atoms with E-state index in [4.69, 9.17) is 4.74 Å². The summed E-state index contributed by atoms with van der Waals surface area (Å²) in [5, 5.41) is 9.21. The smallest absolute Gasteiger partial charge is 0.165 e. The second-order valence-corrected chi connectivity index (χ2v) is 5.51. The third kappa shape index (κ3) is 3.07. The molecule has 0 bridgehead atoms. The third-order valence-electron chi connectivity index (χ3n) is 2.90. The highest BCUT2D eigenvalue weighted by atomic mass is 79.9. The van der Waals surface area contributed by atoms with Gasteiger partial charge < -0.3 is 9.30 Å². The fraction of sp³-hybridized carbons (Fsp3) is 0.385. The van der Waals surface area contributed by atoms with Crippen LogP contribution in [0.5, 0.6) is 0 Å². The Morgan fingerprint density at radius 1 is 1.32 bits per heavy atom. The summed E-state index contributed by atoms with van der Waals surface area (Å²) in [5.41, 5.74) is 2.23. The Morgan fingerprint density at radius 3 is 2.79 bits per heavy atom. The molecule has 1 aromatic carbocycles. The Bertz CT molecular complexity index is 569. The normalized spacial score (nSPS) is 10.9. The van der Waals surface area contributed by atoms with Gasteiger partial charge in [0.05, 0.1) is 11.9 Å². The minimum Gasteiger partial charge on any atom is -0.383 e. The summed E-state index contributed by atoms with van der Waals surface area (Å²) in [6.07, 6.45) is 0. The standard InChI is InChI=1S/C13H15Br2N3O/c1-9-4-3-5-10(12(9)15)13-17-16-11(8-14)18(13)6-7-19-2/h3-5H,6-8H2,1-2H3. The molecule has 6 heteroatoms. The Balaban J connectivity index is 2.49. The lowest BCUT2D eigenvalue weighted by Gasteiger charge is -2.11. The van der Waals surface area contributed by atoms with Crippen molar-refractivity contribution >= 4 is 31.9 Å². The van der Waals surface area contributed by atoms with E-state index < -0.39 is 0 Å². The molecule has 0 atom stereocenters. The van der Waals surface area contributed by atoms with Gasteiger partial charge >= 0.3 is 0 Å². The number of hydrogen-bond acceptors (Lipinski definition) is 3. The van der Waals surface area contributed by atoms with Crippen LogP contribution < -0.4 is 0 Å². The molecule has 2 aromatic rings. The van der Waals surface area contributed by atoms with Crippen LogP contribution in [0.2, 0.25) is 0 Å². The quantitative estimate of drug-likeness (QED) is 0.735. The molecule has 1 aromatic heterocycles. The van der Waals surface area contributed by atoms with Crippen molar-refractivity contribution in [3.05, 3.63) is 34.1 Å². The summed E-state index contributed by atoms with van der Waals surface area (Å²) >= 11 is 7.07. The summed E-state index contributed by atoms with van der Waals surface area (Å²) in [6, 6.07) is 6.13. The fourth-order valence-electron chi connectivity index (χ4n) is 1.87. The van der Waals surface area contributed by atoms with Gasteiger partial charge in [-0.1, -0.05) is 34.1 Å². The molecule has 4 nitrogen and oxygen atoms in total. The first kappa shape index (κ1) is 14.7. The number of methoxy groups -OCH3 is 1. The highest BCUT2D eigenvalue weighted by molar-refractivity contribution is 9.10. The van der Waals surface area contributed by atoms with Crippen LogP contribution >= 0.6 is 31.9 Å². The number of nitrogens with zero attached hydrogens (tertiary/aromatic N) is 3. The number of halogens is 2. The summed E-state index contributed by atoms with van der Waals surface area (Å²) in [7, 11) is 1.69. The van der Waals surface area contributed by atoms with Gasteiger partial charge in [-0.3, -0.25) is 0 Å². The van der Waals surface area contributed by atoms with Gasteiger partial charge in [0.25, 0.3) is 0 Å². The van der Waals surface area contributed by atoms with E-state index in [-0.39, 0.29) is 0 Å². The fourth-order valence-corrected chi connectivity index (χ4v) is 2.73. The monoisotopic (exact) mass is 387 g/mol. The molecule has 0 saturated heterocycles. The van der Waals surface area contributed by atoms with Crippen molar-refractivity contribution in [1.82, 2.24) is 14.8 Å². The van der Waals surface area contributed by atoms with Crippen LogP contribution in [0.15, 0.2) is 22.7 Å². The van der Waals surface area contributed by atoms with Crippen LogP contribution in [0, 0.1) is 6.92 Å². The predicted octanol–water partition coefficient (Wildman–Crippen LogP) is 3.56. The van der Waals surface area contributed by atoms with Crippen molar-refractivity contribution in [2.24, 2.45) is 0 Å². The van der Waals surface area contributed by atoms with Gasteiger partial charge in [-0.2, -0.15) is 0 Å². The van der Waals surface area contributed by atoms with Crippen molar-refractivity contribution in [2.45, 2.75) is 18.8 Å². The molecule has 2 rings (SSSR count). The minimum atomic E-state index is 0.633. The molecule has 0 aliphatic rings. The van der Waals surface area contributed by atoms with Crippen LogP contribution in [-0.2, 0) is 16.6 Å². The molecule has 1 heterocycles. The second-order valence-electron chi connectivity index (χ2n) is 4.15. The van der Waals surface area contributed by atoms with Crippen molar-refractivity contribution in [3.8, 4) is 11.4 Å². The van der Waals surface area contributed by atoms with E-state index in [2.05, 4.69) is 59.6 Å². The van der Waals surface area contributed by atoms with Crippen LogP contribution in [0.4, 0.5) is 0 Å². The lowest BCUT2D eigenvalue weighted by Crippen LogP contribution is -2.09. The Labute approximate surface area is 129 Å². The molecule has 0 aliphatic heterocycles. The summed E-state index contributed by atoms with van der Waals surface area (Å²) in [5.74, 6) is 1.77. The number of aryl methyl sites for hydroxylation is 1. The van der Waals surface area contributed by atoms with Gasteiger partial charge in [-0.05, 0) is 28.4 Å². The molecule has 0 unspecified atom stereocenters. The first-order valence-electron chi connectivity index (χ1n) is 5.91. The first-order valence-corrected chi connectivity index (χ1v) is 7.83. The topological polar surface area (TPSA) is 39.9 Å². The second kappa shape index (κ2) is 6.63. The van der Waals surface area contributed by atoms with Crippen LogP contribution in [-0.4, -0.2) is 28.5 Å². The van der Waals surface area contributed by atoms with Crippen molar-refractivity contribution in [2.75, 3.05) is 13.7 Å². The Hall–Kier alpha value is -0.720. The minimum absolute atomic E-state index is 0.633. The zero-order valence-corrected chi connectivity index (χ0v) is 14.0. The highest BCUT2D eigenvalue weighted by Gasteiger charge is 2.15. The first-order chi connectivity index (χ1) is 9.19. The summed E-state index contributed by atoms with van der Waals surface area (Å²) < 4.78 is 8.29. The average Bonchev–Trinajstić information content (AvgIpc) is 2.82. The number of hydrogen-bond donors (Lipinski definition) is 0. The number of ether oxygens (including phenoxy) is 1. The molecular weight excluding hydrogens is 374 g/mol. The van der Waals surface area contributed by atoms with E-state index in [0.29, 0.717) is 11.9 Å². The van der Waals surface area contributed by atoms with Crippen LogP contribution in [0.25, 0.3) is 11.4 Å². The van der Waals surface area contributed by atoms with E-state index in [0.717, 1.165) is 28.2 Å². The Kier molecular flexibility index (Phi) is 5.13. The van der Waals surface area contributed by atoms with Crippen LogP contribution in [0.1, 0.15) is 11.4 Å². The lowest BCUT2D eigenvalue weighted by atomic mass is 10.1. The third-order valence-corrected chi connectivity index (χ3v) is 4.45. The maximum atomic E-state index is 5.16. The molecule has 0 N–H and O–H groups in total. The van der Waals surface area contributed by atoms with E-state index in [1.54, 1.807) is 7.11 Å². The van der Waals surface area contributed by atoms with Gasteiger partial charge in [0, 0.05) is 23.7 Å². The summed E-state index contributed by atoms with van der Waals surface area (Å²) in [4.78, 5) is 0. The lowest BCUT2D eigenvalue weighted by molar-refractivity contribution is 0.187. The maximum Gasteiger partial charge on any atom is 0.165 e. The van der Waals surface area contributed by atoms with Gasteiger partial charge in [0.2, 0.25) is 0 Å². The van der Waals surface area contributed by atoms with E-state index in [9.17, 15) is 0 Å². The largest absolute Gasteiger partial charge is 0.383 e. The maximum absolute atomic E-state index is 5.16. The van der Waals surface area contributed by atoms with Gasteiger partial charge in [0.15, 0.2) is 5.82 Å². The van der Waals surface area contributed by atoms with E-state index in [1.165, 1.54) is 5.56 Å². The molecule has 0 aliphatic carbocycles. The molecule has 0 amide bonds. The molecule has 0 fully saturated rings. The molecular formula is C13H15Br2N3O.